The van der Waals surface area contributed by atoms with E-state index in [1.165, 1.54) is 0 Å². The standard InChI is InChI=1S/C22H27N5O2/c1-4-27-19-16(14-23-27)13-18-24-17(19)11-8-12-29-22(2,3)20(26-21(28)25-18)15-9-6-5-7-10-15/h5-7,9-10,13-14,20H,4,8,11-12H2,1-3H3,(H2,24,25,26,28)/t20-/m0/s1. The first-order chi connectivity index (χ1) is 14.0. The Kier molecular flexibility index (Phi) is 5.24. The molecule has 3 heterocycles. The molecule has 2 bridgehead atoms. The van der Waals surface area contributed by atoms with Gasteiger partial charge in [-0.05, 0) is 45.2 Å². The van der Waals surface area contributed by atoms with Crippen LogP contribution < -0.4 is 10.6 Å². The molecule has 1 atom stereocenters. The molecule has 7 heteroatoms. The maximum absolute atomic E-state index is 12.8. The van der Waals surface area contributed by atoms with Crippen LogP contribution in [0.2, 0.25) is 0 Å². The maximum atomic E-state index is 12.8. The summed E-state index contributed by atoms with van der Waals surface area (Å²) in [4.78, 5) is 17.5. The van der Waals surface area contributed by atoms with E-state index in [4.69, 9.17) is 9.72 Å². The van der Waals surface area contributed by atoms with Gasteiger partial charge in [-0.1, -0.05) is 30.3 Å². The fraction of sp³-hybridized carbons (Fsp3) is 0.409. The Balaban J connectivity index is 1.71. The molecule has 0 aliphatic carbocycles. The molecule has 2 amide bonds. The lowest BCUT2D eigenvalue weighted by Crippen LogP contribution is -2.46. The monoisotopic (exact) mass is 393 g/mol. The SMILES string of the molecule is CCn1ncc2cc3nc(c21)CCCOC(C)(C)[C@H](c1ccccc1)NC(=O)N3. The number of hydrogen-bond donors (Lipinski definition) is 2. The Morgan fingerprint density at radius 2 is 2.07 bits per heavy atom. The van der Waals surface area contributed by atoms with Crippen LogP contribution in [0.3, 0.4) is 0 Å². The minimum atomic E-state index is -0.570. The number of aryl methyl sites for hydroxylation is 2. The highest BCUT2D eigenvalue weighted by molar-refractivity contribution is 5.92. The summed E-state index contributed by atoms with van der Waals surface area (Å²) < 4.78 is 8.19. The van der Waals surface area contributed by atoms with Gasteiger partial charge < -0.3 is 10.1 Å². The molecule has 0 unspecified atom stereocenters. The number of carbonyl (C=O) groups excluding carboxylic acids is 1. The number of hydrogen-bond acceptors (Lipinski definition) is 4. The lowest BCUT2D eigenvalue weighted by molar-refractivity contribution is -0.0434. The zero-order chi connectivity index (χ0) is 20.4. The number of pyridine rings is 1. The molecule has 29 heavy (non-hydrogen) atoms. The van der Waals surface area contributed by atoms with Gasteiger partial charge in [0.1, 0.15) is 5.82 Å². The van der Waals surface area contributed by atoms with Gasteiger partial charge in [-0.2, -0.15) is 5.10 Å². The van der Waals surface area contributed by atoms with Gasteiger partial charge in [0.2, 0.25) is 0 Å². The van der Waals surface area contributed by atoms with E-state index in [1.807, 2.05) is 61.1 Å². The highest BCUT2D eigenvalue weighted by atomic mass is 16.5. The van der Waals surface area contributed by atoms with Gasteiger partial charge in [0.05, 0.1) is 29.1 Å². The fourth-order valence-electron chi connectivity index (χ4n) is 3.92. The normalized spacial score (nSPS) is 19.7. The number of fused-ring (bicyclic) bond motifs is 4. The predicted octanol–water partition coefficient (Wildman–Crippen LogP) is 4.06. The van der Waals surface area contributed by atoms with E-state index in [2.05, 4.69) is 22.7 Å². The second kappa shape index (κ2) is 7.83. The van der Waals surface area contributed by atoms with Crippen LogP contribution in [0.15, 0.2) is 42.6 Å². The molecule has 4 rings (SSSR count). The zero-order valence-electron chi connectivity index (χ0n) is 17.1. The lowest BCUT2D eigenvalue weighted by atomic mass is 9.91. The van der Waals surface area contributed by atoms with Crippen molar-refractivity contribution in [2.75, 3.05) is 11.9 Å². The lowest BCUT2D eigenvalue weighted by Gasteiger charge is -2.35. The van der Waals surface area contributed by atoms with Crippen LogP contribution in [0.25, 0.3) is 10.9 Å². The van der Waals surface area contributed by atoms with Crippen LogP contribution in [0.1, 0.15) is 44.5 Å². The quantitative estimate of drug-likeness (QED) is 0.688. The van der Waals surface area contributed by atoms with Crippen LogP contribution in [-0.2, 0) is 17.7 Å². The molecule has 152 valence electrons. The molecule has 0 saturated carbocycles. The summed E-state index contributed by atoms with van der Waals surface area (Å²) in [6.45, 7) is 7.43. The van der Waals surface area contributed by atoms with Crippen molar-refractivity contribution in [3.63, 3.8) is 0 Å². The number of aromatic nitrogens is 3. The van der Waals surface area contributed by atoms with Gasteiger partial charge in [-0.25, -0.2) is 9.78 Å². The molecule has 2 aromatic heterocycles. The largest absolute Gasteiger partial charge is 0.373 e. The second-order valence-corrected chi connectivity index (χ2v) is 7.85. The van der Waals surface area contributed by atoms with E-state index >= 15 is 0 Å². The molecule has 1 aliphatic heterocycles. The predicted molar refractivity (Wildman–Crippen MR) is 113 cm³/mol. The van der Waals surface area contributed by atoms with E-state index in [1.54, 1.807) is 0 Å². The van der Waals surface area contributed by atoms with Crippen molar-refractivity contribution in [3.8, 4) is 0 Å². The van der Waals surface area contributed by atoms with Gasteiger partial charge in [-0.15, -0.1) is 0 Å². The number of amides is 2. The molecule has 7 nitrogen and oxygen atoms in total. The van der Waals surface area contributed by atoms with E-state index in [0.717, 1.165) is 41.5 Å². The number of rotatable bonds is 2. The number of urea groups is 1. The van der Waals surface area contributed by atoms with Crippen LogP contribution >= 0.6 is 0 Å². The van der Waals surface area contributed by atoms with E-state index in [0.29, 0.717) is 12.4 Å². The number of nitrogens with zero attached hydrogens (tertiary/aromatic N) is 3. The first-order valence-corrected chi connectivity index (χ1v) is 10.1. The van der Waals surface area contributed by atoms with E-state index < -0.39 is 5.60 Å². The summed E-state index contributed by atoms with van der Waals surface area (Å²) in [7, 11) is 0. The van der Waals surface area contributed by atoms with Crippen LogP contribution in [0, 0.1) is 0 Å². The maximum Gasteiger partial charge on any atom is 0.320 e. The highest BCUT2D eigenvalue weighted by Crippen LogP contribution is 2.30. The van der Waals surface area contributed by atoms with Crippen molar-refractivity contribution in [3.05, 3.63) is 53.9 Å². The van der Waals surface area contributed by atoms with Crippen LogP contribution in [0.4, 0.5) is 10.6 Å². The fourth-order valence-corrected chi connectivity index (χ4v) is 3.92. The first kappa shape index (κ1) is 19.4. The van der Waals surface area contributed by atoms with Crippen LogP contribution in [-0.4, -0.2) is 33.0 Å². The molecule has 2 N–H and O–H groups in total. The van der Waals surface area contributed by atoms with Gasteiger partial charge in [-0.3, -0.25) is 10.00 Å². The molecule has 0 saturated heterocycles. The van der Waals surface area contributed by atoms with Crippen molar-refractivity contribution >= 4 is 22.8 Å². The van der Waals surface area contributed by atoms with Gasteiger partial charge in [0.15, 0.2) is 0 Å². The average molecular weight is 393 g/mol. The second-order valence-electron chi connectivity index (χ2n) is 7.85. The molecular formula is C22H27N5O2. The summed E-state index contributed by atoms with van der Waals surface area (Å²) in [6.07, 6.45) is 3.41. The highest BCUT2D eigenvalue weighted by Gasteiger charge is 2.33. The Morgan fingerprint density at radius 3 is 2.83 bits per heavy atom. The van der Waals surface area contributed by atoms with E-state index in [-0.39, 0.29) is 12.1 Å². The third kappa shape index (κ3) is 3.96. The number of ether oxygens (including phenoxy) is 1. The molecule has 0 fully saturated rings. The van der Waals surface area contributed by atoms with Crippen LogP contribution in [0.5, 0.6) is 0 Å². The number of carbonyl (C=O) groups is 1. The molecule has 0 spiro atoms. The number of nitrogens with one attached hydrogen (secondary N) is 2. The van der Waals surface area contributed by atoms with Gasteiger partial charge in [0, 0.05) is 18.5 Å². The average Bonchev–Trinajstić information content (AvgIpc) is 3.12. The topological polar surface area (TPSA) is 81.1 Å². The third-order valence-electron chi connectivity index (χ3n) is 5.37. The number of benzene rings is 1. The molecular weight excluding hydrogens is 366 g/mol. The Morgan fingerprint density at radius 1 is 1.28 bits per heavy atom. The third-order valence-corrected chi connectivity index (χ3v) is 5.37. The van der Waals surface area contributed by atoms with Crippen molar-refractivity contribution in [1.82, 2.24) is 20.1 Å². The summed E-state index contributed by atoms with van der Waals surface area (Å²) in [6, 6.07) is 11.2. The minimum absolute atomic E-state index is 0.297. The summed E-state index contributed by atoms with van der Waals surface area (Å²) in [5, 5.41) is 11.4. The summed E-state index contributed by atoms with van der Waals surface area (Å²) in [5.74, 6) is 0.534. The molecule has 1 aliphatic rings. The zero-order valence-corrected chi connectivity index (χ0v) is 17.1. The first-order valence-electron chi connectivity index (χ1n) is 10.1. The van der Waals surface area contributed by atoms with Crippen molar-refractivity contribution in [2.24, 2.45) is 0 Å². The summed E-state index contributed by atoms with van der Waals surface area (Å²) in [5.41, 5.74) is 2.38. The molecule has 0 radical (unpaired) electrons. The number of anilines is 1. The van der Waals surface area contributed by atoms with Crippen molar-refractivity contribution in [1.29, 1.82) is 0 Å². The smallest absolute Gasteiger partial charge is 0.320 e. The Labute approximate surface area is 170 Å². The van der Waals surface area contributed by atoms with Crippen molar-refractivity contribution in [2.45, 2.75) is 51.8 Å². The van der Waals surface area contributed by atoms with E-state index in [9.17, 15) is 4.79 Å². The van der Waals surface area contributed by atoms with Gasteiger partial charge in [0.25, 0.3) is 0 Å². The Bertz CT molecular complexity index is 1010. The summed E-state index contributed by atoms with van der Waals surface area (Å²) >= 11 is 0. The molecule has 1 aromatic carbocycles. The Hall–Kier alpha value is -2.93. The van der Waals surface area contributed by atoms with Crippen molar-refractivity contribution < 1.29 is 9.53 Å². The van der Waals surface area contributed by atoms with Gasteiger partial charge >= 0.3 is 6.03 Å². The minimum Gasteiger partial charge on any atom is -0.373 e. The molecule has 3 aromatic rings.